The third kappa shape index (κ3) is 5.43. The monoisotopic (exact) mass is 415 g/mol. The van der Waals surface area contributed by atoms with Crippen LogP contribution in [0.5, 0.6) is 11.5 Å². The Kier molecular flexibility index (Phi) is 6.92. The Labute approximate surface area is 180 Å². The minimum absolute atomic E-state index is 0.281. The molecule has 0 aromatic heterocycles. The van der Waals surface area contributed by atoms with Crippen LogP contribution in [0.25, 0.3) is 0 Å². The van der Waals surface area contributed by atoms with E-state index in [0.29, 0.717) is 39.4 Å². The molecule has 0 heterocycles. The predicted octanol–water partition coefficient (Wildman–Crippen LogP) is 4.14. The van der Waals surface area contributed by atoms with E-state index in [1.165, 1.54) is 21.3 Å². The van der Waals surface area contributed by atoms with Gasteiger partial charge in [-0.3, -0.25) is 4.79 Å². The second-order valence-corrected chi connectivity index (χ2v) is 6.43. The van der Waals surface area contributed by atoms with Gasteiger partial charge in [0.1, 0.15) is 0 Å². The van der Waals surface area contributed by atoms with Crippen molar-refractivity contribution in [2.75, 3.05) is 26.6 Å². The number of benzene rings is 3. The normalized spacial score (nSPS) is 9.77. The second kappa shape index (κ2) is 9.99. The van der Waals surface area contributed by atoms with Gasteiger partial charge in [-0.15, -0.1) is 0 Å². The van der Waals surface area contributed by atoms with Crippen LogP contribution in [0.2, 0.25) is 0 Å². The fraction of sp³-hybridized carbons (Fsp3) is 0.120. The van der Waals surface area contributed by atoms with Gasteiger partial charge in [0, 0.05) is 22.4 Å². The molecule has 0 unspecified atom stereocenters. The number of hydrogen-bond acceptors (Lipinski definition) is 5. The standard InChI is InChI=1S/C25H21NO5/c1-29-22-13-12-19(16-23(22)30-2)24(27)26-21-9-5-7-18(15-21)11-10-17-6-4-8-20(14-17)25(28)31-3/h4-9,12-16H,1-3H3,(H,26,27). The van der Waals surface area contributed by atoms with E-state index >= 15 is 0 Å². The largest absolute Gasteiger partial charge is 0.493 e. The van der Waals surface area contributed by atoms with Gasteiger partial charge in [0.05, 0.1) is 26.9 Å². The van der Waals surface area contributed by atoms with E-state index in [1.807, 2.05) is 12.1 Å². The molecule has 0 aliphatic rings. The lowest BCUT2D eigenvalue weighted by Gasteiger charge is -2.10. The van der Waals surface area contributed by atoms with Crippen molar-refractivity contribution in [1.82, 2.24) is 0 Å². The van der Waals surface area contributed by atoms with Crippen LogP contribution in [0.3, 0.4) is 0 Å². The van der Waals surface area contributed by atoms with Crippen LogP contribution in [0.1, 0.15) is 31.8 Å². The summed E-state index contributed by atoms with van der Waals surface area (Å²) in [6.45, 7) is 0. The molecule has 0 spiro atoms. The smallest absolute Gasteiger partial charge is 0.337 e. The van der Waals surface area contributed by atoms with E-state index in [0.717, 1.165) is 0 Å². The van der Waals surface area contributed by atoms with Crippen molar-refractivity contribution in [3.05, 3.63) is 89.0 Å². The molecule has 31 heavy (non-hydrogen) atoms. The molecule has 156 valence electrons. The first-order valence-corrected chi connectivity index (χ1v) is 9.38. The van der Waals surface area contributed by atoms with E-state index < -0.39 is 5.97 Å². The van der Waals surface area contributed by atoms with Gasteiger partial charge in [-0.2, -0.15) is 0 Å². The topological polar surface area (TPSA) is 73.9 Å². The number of ether oxygens (including phenoxy) is 3. The Balaban J connectivity index is 1.77. The molecule has 0 radical (unpaired) electrons. The van der Waals surface area contributed by atoms with Crippen LogP contribution in [0, 0.1) is 11.8 Å². The third-order valence-electron chi connectivity index (χ3n) is 4.40. The van der Waals surface area contributed by atoms with E-state index in [4.69, 9.17) is 14.2 Å². The molecular weight excluding hydrogens is 394 g/mol. The minimum Gasteiger partial charge on any atom is -0.493 e. The average molecular weight is 415 g/mol. The summed E-state index contributed by atoms with van der Waals surface area (Å²) >= 11 is 0. The highest BCUT2D eigenvalue weighted by Crippen LogP contribution is 2.27. The van der Waals surface area contributed by atoms with Gasteiger partial charge < -0.3 is 19.5 Å². The van der Waals surface area contributed by atoms with Crippen LogP contribution < -0.4 is 14.8 Å². The maximum absolute atomic E-state index is 12.6. The molecule has 0 saturated heterocycles. The number of anilines is 1. The highest BCUT2D eigenvalue weighted by Gasteiger charge is 2.11. The van der Waals surface area contributed by atoms with Crippen molar-refractivity contribution in [3.8, 4) is 23.3 Å². The SMILES string of the molecule is COC(=O)c1cccc(C#Cc2cccc(NC(=O)c3ccc(OC)c(OC)c3)c2)c1. The van der Waals surface area contributed by atoms with Crippen LogP contribution in [0.4, 0.5) is 5.69 Å². The van der Waals surface area contributed by atoms with Crippen LogP contribution in [-0.2, 0) is 4.74 Å². The fourth-order valence-electron chi connectivity index (χ4n) is 2.84. The number of methoxy groups -OCH3 is 3. The quantitative estimate of drug-likeness (QED) is 0.501. The summed E-state index contributed by atoms with van der Waals surface area (Å²) in [5.41, 5.74) is 2.88. The molecule has 6 nitrogen and oxygen atoms in total. The van der Waals surface area contributed by atoms with E-state index in [9.17, 15) is 9.59 Å². The number of carbonyl (C=O) groups is 2. The summed E-state index contributed by atoms with van der Waals surface area (Å²) in [5, 5.41) is 2.85. The van der Waals surface area contributed by atoms with Crippen LogP contribution >= 0.6 is 0 Å². The maximum atomic E-state index is 12.6. The molecule has 1 N–H and O–H groups in total. The van der Waals surface area contributed by atoms with Gasteiger partial charge in [-0.05, 0) is 54.6 Å². The highest BCUT2D eigenvalue weighted by molar-refractivity contribution is 6.04. The summed E-state index contributed by atoms with van der Waals surface area (Å²) in [5.74, 6) is 6.39. The predicted molar refractivity (Wildman–Crippen MR) is 118 cm³/mol. The number of rotatable bonds is 5. The molecule has 0 aliphatic heterocycles. The van der Waals surface area contributed by atoms with Gasteiger partial charge >= 0.3 is 5.97 Å². The lowest BCUT2D eigenvalue weighted by atomic mass is 10.1. The Morgan fingerprint density at radius 3 is 2.10 bits per heavy atom. The van der Waals surface area contributed by atoms with E-state index in [1.54, 1.807) is 54.6 Å². The Hall–Kier alpha value is -4.24. The van der Waals surface area contributed by atoms with E-state index in [2.05, 4.69) is 17.2 Å². The molecule has 0 fully saturated rings. The van der Waals surface area contributed by atoms with Gasteiger partial charge in [0.2, 0.25) is 0 Å². The van der Waals surface area contributed by atoms with Crippen molar-refractivity contribution < 1.29 is 23.8 Å². The number of esters is 1. The first-order valence-electron chi connectivity index (χ1n) is 9.38. The van der Waals surface area contributed by atoms with Crippen molar-refractivity contribution in [3.63, 3.8) is 0 Å². The minimum atomic E-state index is -0.413. The molecule has 0 atom stereocenters. The van der Waals surface area contributed by atoms with Crippen molar-refractivity contribution >= 4 is 17.6 Å². The number of amides is 1. The molecule has 3 aromatic carbocycles. The first kappa shape index (κ1) is 21.5. The molecule has 0 bridgehead atoms. The Morgan fingerprint density at radius 1 is 0.742 bits per heavy atom. The zero-order valence-electron chi connectivity index (χ0n) is 17.4. The van der Waals surface area contributed by atoms with Gasteiger partial charge in [0.25, 0.3) is 5.91 Å². The summed E-state index contributed by atoms with van der Waals surface area (Å²) < 4.78 is 15.2. The summed E-state index contributed by atoms with van der Waals surface area (Å²) in [4.78, 5) is 24.3. The van der Waals surface area contributed by atoms with Crippen LogP contribution in [0.15, 0.2) is 66.7 Å². The molecule has 3 rings (SSSR count). The first-order chi connectivity index (χ1) is 15.0. The zero-order valence-corrected chi connectivity index (χ0v) is 17.4. The van der Waals surface area contributed by atoms with Crippen molar-refractivity contribution in [1.29, 1.82) is 0 Å². The fourth-order valence-corrected chi connectivity index (χ4v) is 2.84. The summed E-state index contributed by atoms with van der Waals surface area (Å²) in [6, 6.07) is 19.0. The molecule has 1 amide bonds. The molecule has 6 heteroatoms. The third-order valence-corrected chi connectivity index (χ3v) is 4.40. The van der Waals surface area contributed by atoms with Gasteiger partial charge in [0.15, 0.2) is 11.5 Å². The van der Waals surface area contributed by atoms with Crippen LogP contribution in [-0.4, -0.2) is 33.2 Å². The lowest BCUT2D eigenvalue weighted by molar-refractivity contribution is 0.0600. The van der Waals surface area contributed by atoms with Gasteiger partial charge in [-0.1, -0.05) is 24.0 Å². The Bertz CT molecular complexity index is 1170. The maximum Gasteiger partial charge on any atom is 0.337 e. The molecule has 0 saturated carbocycles. The van der Waals surface area contributed by atoms with Crippen molar-refractivity contribution in [2.24, 2.45) is 0 Å². The zero-order chi connectivity index (χ0) is 22.2. The number of carbonyl (C=O) groups excluding carboxylic acids is 2. The second-order valence-electron chi connectivity index (χ2n) is 6.43. The van der Waals surface area contributed by atoms with Gasteiger partial charge in [-0.25, -0.2) is 4.79 Å². The van der Waals surface area contributed by atoms with Crippen molar-refractivity contribution in [2.45, 2.75) is 0 Å². The highest BCUT2D eigenvalue weighted by atomic mass is 16.5. The summed E-state index contributed by atoms with van der Waals surface area (Å²) in [6.07, 6.45) is 0. The summed E-state index contributed by atoms with van der Waals surface area (Å²) in [7, 11) is 4.39. The van der Waals surface area contributed by atoms with E-state index in [-0.39, 0.29) is 5.91 Å². The Morgan fingerprint density at radius 2 is 1.42 bits per heavy atom. The average Bonchev–Trinajstić information content (AvgIpc) is 2.82. The number of hydrogen-bond donors (Lipinski definition) is 1. The molecular formula is C25H21NO5. The molecule has 3 aromatic rings. The number of nitrogens with one attached hydrogen (secondary N) is 1. The molecule has 0 aliphatic carbocycles. The lowest BCUT2D eigenvalue weighted by Crippen LogP contribution is -2.12.